The Hall–Kier alpha value is -1.45. The Kier molecular flexibility index (Phi) is 4.96. The lowest BCUT2D eigenvalue weighted by Gasteiger charge is -2.22. The van der Waals surface area contributed by atoms with E-state index in [0.29, 0.717) is 22.7 Å². The second kappa shape index (κ2) is 6.54. The standard InChI is InChI=1S/C17H18ClF2N/c1-4-21-17(13-8-12(18)6-5-10(13)2)14-7-11(3)15(19)9-16(14)20/h5-9,17,21H,4H2,1-3H3. The second-order valence-electron chi connectivity index (χ2n) is 5.11. The summed E-state index contributed by atoms with van der Waals surface area (Å²) >= 11 is 6.06. The third-order valence-electron chi connectivity index (χ3n) is 3.55. The minimum atomic E-state index is -0.552. The van der Waals surface area contributed by atoms with Crippen molar-refractivity contribution in [3.63, 3.8) is 0 Å². The number of hydrogen-bond donors (Lipinski definition) is 1. The van der Waals surface area contributed by atoms with Crippen molar-refractivity contribution in [3.05, 3.63) is 69.2 Å². The maximum atomic E-state index is 14.2. The van der Waals surface area contributed by atoms with Gasteiger partial charge in [-0.3, -0.25) is 0 Å². The van der Waals surface area contributed by atoms with Crippen LogP contribution in [0.4, 0.5) is 8.78 Å². The first-order valence-electron chi connectivity index (χ1n) is 6.89. The van der Waals surface area contributed by atoms with Gasteiger partial charge in [-0.25, -0.2) is 8.78 Å². The molecule has 2 rings (SSSR count). The molecular formula is C17H18ClF2N. The van der Waals surface area contributed by atoms with Gasteiger partial charge in [0.15, 0.2) is 0 Å². The molecule has 0 spiro atoms. The fraction of sp³-hybridized carbons (Fsp3) is 0.294. The Morgan fingerprint density at radius 3 is 2.38 bits per heavy atom. The Labute approximate surface area is 128 Å². The summed E-state index contributed by atoms with van der Waals surface area (Å²) in [6, 6.07) is 7.66. The summed E-state index contributed by atoms with van der Waals surface area (Å²) in [6.07, 6.45) is 0. The Morgan fingerprint density at radius 2 is 1.71 bits per heavy atom. The quantitative estimate of drug-likeness (QED) is 0.844. The van der Waals surface area contributed by atoms with Gasteiger partial charge in [0, 0.05) is 16.7 Å². The van der Waals surface area contributed by atoms with Gasteiger partial charge in [0.25, 0.3) is 0 Å². The van der Waals surface area contributed by atoms with Crippen molar-refractivity contribution in [2.75, 3.05) is 6.54 Å². The van der Waals surface area contributed by atoms with Crippen molar-refractivity contribution in [2.45, 2.75) is 26.8 Å². The highest BCUT2D eigenvalue weighted by atomic mass is 35.5. The average Bonchev–Trinajstić information content (AvgIpc) is 2.43. The zero-order valence-corrected chi connectivity index (χ0v) is 13.1. The van der Waals surface area contributed by atoms with Crippen molar-refractivity contribution in [1.82, 2.24) is 5.32 Å². The summed E-state index contributed by atoms with van der Waals surface area (Å²) < 4.78 is 27.7. The van der Waals surface area contributed by atoms with Gasteiger partial charge in [0.05, 0.1) is 6.04 Å². The number of benzene rings is 2. The van der Waals surface area contributed by atoms with Crippen LogP contribution in [0.2, 0.25) is 5.02 Å². The van der Waals surface area contributed by atoms with Crippen LogP contribution in [-0.4, -0.2) is 6.54 Å². The molecule has 0 heterocycles. The molecule has 112 valence electrons. The van der Waals surface area contributed by atoms with Crippen LogP contribution in [0.15, 0.2) is 30.3 Å². The predicted molar refractivity (Wildman–Crippen MR) is 82.8 cm³/mol. The lowest BCUT2D eigenvalue weighted by Crippen LogP contribution is -2.24. The maximum Gasteiger partial charge on any atom is 0.131 e. The van der Waals surface area contributed by atoms with E-state index in [1.165, 1.54) is 0 Å². The molecule has 0 bridgehead atoms. The van der Waals surface area contributed by atoms with E-state index >= 15 is 0 Å². The highest BCUT2D eigenvalue weighted by Crippen LogP contribution is 2.30. The molecule has 2 aromatic carbocycles. The second-order valence-corrected chi connectivity index (χ2v) is 5.55. The SMILES string of the molecule is CCNC(c1cc(Cl)ccc1C)c1cc(C)c(F)cc1F. The molecule has 0 aliphatic rings. The lowest BCUT2D eigenvalue weighted by atomic mass is 9.93. The number of nitrogens with one attached hydrogen (secondary N) is 1. The van der Waals surface area contributed by atoms with Crippen LogP contribution < -0.4 is 5.32 Å². The minimum Gasteiger partial charge on any atom is -0.306 e. The molecule has 1 N–H and O–H groups in total. The third-order valence-corrected chi connectivity index (χ3v) is 3.78. The zero-order chi connectivity index (χ0) is 15.6. The van der Waals surface area contributed by atoms with E-state index in [9.17, 15) is 8.78 Å². The van der Waals surface area contributed by atoms with Gasteiger partial charge in [-0.05, 0) is 55.3 Å². The number of aryl methyl sites for hydroxylation is 2. The molecule has 0 aliphatic carbocycles. The lowest BCUT2D eigenvalue weighted by molar-refractivity contribution is 0.537. The van der Waals surface area contributed by atoms with Gasteiger partial charge in [-0.1, -0.05) is 24.6 Å². The van der Waals surface area contributed by atoms with Gasteiger partial charge in [0.1, 0.15) is 11.6 Å². The molecule has 0 saturated carbocycles. The normalized spacial score (nSPS) is 12.5. The van der Waals surface area contributed by atoms with E-state index in [1.54, 1.807) is 19.1 Å². The van der Waals surface area contributed by atoms with Gasteiger partial charge in [-0.2, -0.15) is 0 Å². The largest absolute Gasteiger partial charge is 0.306 e. The Bertz CT molecular complexity index is 655. The van der Waals surface area contributed by atoms with Crippen molar-refractivity contribution in [2.24, 2.45) is 0 Å². The highest BCUT2D eigenvalue weighted by Gasteiger charge is 2.20. The van der Waals surface area contributed by atoms with Crippen LogP contribution >= 0.6 is 11.6 Å². The van der Waals surface area contributed by atoms with Crippen molar-refractivity contribution >= 4 is 11.6 Å². The van der Waals surface area contributed by atoms with Gasteiger partial charge in [0.2, 0.25) is 0 Å². The topological polar surface area (TPSA) is 12.0 Å². The van der Waals surface area contributed by atoms with E-state index in [4.69, 9.17) is 11.6 Å². The molecule has 0 fully saturated rings. The van der Waals surface area contributed by atoms with E-state index in [1.807, 2.05) is 26.0 Å². The van der Waals surface area contributed by atoms with Crippen molar-refractivity contribution in [3.8, 4) is 0 Å². The summed E-state index contributed by atoms with van der Waals surface area (Å²) in [6.45, 7) is 6.18. The first kappa shape index (κ1) is 15.9. The molecule has 21 heavy (non-hydrogen) atoms. The zero-order valence-electron chi connectivity index (χ0n) is 12.3. The maximum absolute atomic E-state index is 14.2. The molecule has 0 aliphatic heterocycles. The molecule has 0 aromatic heterocycles. The predicted octanol–water partition coefficient (Wildman–Crippen LogP) is 4.93. The number of halogens is 3. The third kappa shape index (κ3) is 3.42. The number of hydrogen-bond acceptors (Lipinski definition) is 1. The van der Waals surface area contributed by atoms with Gasteiger partial charge >= 0.3 is 0 Å². The summed E-state index contributed by atoms with van der Waals surface area (Å²) in [4.78, 5) is 0. The van der Waals surface area contributed by atoms with E-state index in [0.717, 1.165) is 17.2 Å². The fourth-order valence-corrected chi connectivity index (χ4v) is 2.60. The molecular weight excluding hydrogens is 292 g/mol. The van der Waals surface area contributed by atoms with Crippen molar-refractivity contribution < 1.29 is 8.78 Å². The average molecular weight is 310 g/mol. The van der Waals surface area contributed by atoms with Crippen LogP contribution in [0.1, 0.15) is 35.2 Å². The molecule has 1 nitrogen and oxygen atoms in total. The monoisotopic (exact) mass is 309 g/mol. The van der Waals surface area contributed by atoms with Crippen LogP contribution in [0.3, 0.4) is 0 Å². The van der Waals surface area contributed by atoms with Crippen LogP contribution in [0, 0.1) is 25.5 Å². The molecule has 0 amide bonds. The Morgan fingerprint density at radius 1 is 1.00 bits per heavy atom. The molecule has 0 radical (unpaired) electrons. The summed E-state index contributed by atoms with van der Waals surface area (Å²) in [5.41, 5.74) is 2.76. The number of rotatable bonds is 4. The minimum absolute atomic E-state index is 0.354. The van der Waals surface area contributed by atoms with Crippen molar-refractivity contribution in [1.29, 1.82) is 0 Å². The Balaban J connectivity index is 2.58. The van der Waals surface area contributed by atoms with Gasteiger partial charge in [-0.15, -0.1) is 0 Å². The molecule has 0 saturated heterocycles. The van der Waals surface area contributed by atoms with Crippen LogP contribution in [0.25, 0.3) is 0 Å². The van der Waals surface area contributed by atoms with Gasteiger partial charge < -0.3 is 5.32 Å². The van der Waals surface area contributed by atoms with Crippen LogP contribution in [-0.2, 0) is 0 Å². The molecule has 1 unspecified atom stereocenters. The molecule has 4 heteroatoms. The first-order valence-corrected chi connectivity index (χ1v) is 7.26. The smallest absolute Gasteiger partial charge is 0.131 e. The summed E-state index contributed by atoms with van der Waals surface area (Å²) in [5.74, 6) is -1.09. The first-order chi connectivity index (χ1) is 9.93. The summed E-state index contributed by atoms with van der Waals surface area (Å²) in [5, 5.41) is 3.84. The highest BCUT2D eigenvalue weighted by molar-refractivity contribution is 6.30. The molecule has 2 aromatic rings. The van der Waals surface area contributed by atoms with Crippen LogP contribution in [0.5, 0.6) is 0 Å². The fourth-order valence-electron chi connectivity index (χ4n) is 2.41. The van der Waals surface area contributed by atoms with E-state index in [-0.39, 0.29) is 6.04 Å². The summed E-state index contributed by atoms with van der Waals surface area (Å²) in [7, 11) is 0. The van der Waals surface area contributed by atoms with E-state index in [2.05, 4.69) is 5.32 Å². The van der Waals surface area contributed by atoms with E-state index < -0.39 is 11.6 Å². The molecule has 1 atom stereocenters.